The van der Waals surface area contributed by atoms with Crippen LogP contribution >= 0.6 is 0 Å². The number of carbonyl (C=O) groups excluding carboxylic acids is 1. The molecule has 0 saturated carbocycles. The molecule has 0 saturated heterocycles. The van der Waals surface area contributed by atoms with Gasteiger partial charge >= 0.3 is 12.1 Å². The molecule has 1 heterocycles. The fraction of sp³-hybridized carbons (Fsp3) is 0.0938. The molecule has 5 rings (SSSR count). The first-order chi connectivity index (χ1) is 19.2. The molecule has 5 aromatic rings. The molecule has 1 aromatic heterocycles. The van der Waals surface area contributed by atoms with E-state index in [0.717, 1.165) is 28.8 Å². The van der Waals surface area contributed by atoms with Crippen LogP contribution in [-0.4, -0.2) is 28.0 Å². The fourth-order valence-electron chi connectivity index (χ4n) is 4.43. The molecular formula is C32H23F3N2O3. The minimum Gasteiger partial charge on any atom is -0.480 e. The minimum atomic E-state index is -4.41. The lowest BCUT2D eigenvalue weighted by Gasteiger charge is -2.15. The number of aromatic nitrogens is 1. The third kappa shape index (κ3) is 6.02. The number of halogens is 3. The highest BCUT2D eigenvalue weighted by Crippen LogP contribution is 2.32. The van der Waals surface area contributed by atoms with Crippen LogP contribution in [0, 0.1) is 0 Å². The second kappa shape index (κ2) is 11.0. The van der Waals surface area contributed by atoms with E-state index in [-0.39, 0.29) is 12.1 Å². The lowest BCUT2D eigenvalue weighted by molar-refractivity contribution is -0.139. The number of hydrogen-bond acceptors (Lipinski definition) is 3. The van der Waals surface area contributed by atoms with E-state index in [9.17, 15) is 27.9 Å². The zero-order valence-electron chi connectivity index (χ0n) is 21.0. The molecule has 0 unspecified atom stereocenters. The first-order valence-electron chi connectivity index (χ1n) is 12.4. The molecule has 200 valence electrons. The molecule has 1 amide bonds. The summed E-state index contributed by atoms with van der Waals surface area (Å²) in [6.45, 7) is 0. The number of aliphatic carboxylic acids is 1. The summed E-state index contributed by atoms with van der Waals surface area (Å²) in [5, 5.41) is 13.7. The van der Waals surface area contributed by atoms with Crippen LogP contribution in [0.15, 0.2) is 109 Å². The summed E-state index contributed by atoms with van der Waals surface area (Å²) in [5.41, 5.74) is 3.45. The molecule has 0 bridgehead atoms. The molecule has 2 N–H and O–H groups in total. The van der Waals surface area contributed by atoms with Crippen LogP contribution in [0.5, 0.6) is 0 Å². The van der Waals surface area contributed by atoms with Crippen molar-refractivity contribution in [3.05, 3.63) is 126 Å². The number of nitrogens with one attached hydrogen (secondary N) is 1. The summed E-state index contributed by atoms with van der Waals surface area (Å²) in [7, 11) is 0. The molecule has 0 radical (unpaired) electrons. The Kier molecular flexibility index (Phi) is 7.33. The maximum absolute atomic E-state index is 12.9. The lowest BCUT2D eigenvalue weighted by atomic mass is 10.00. The average molecular weight is 541 g/mol. The summed E-state index contributed by atoms with van der Waals surface area (Å²) < 4.78 is 38.6. The number of alkyl halides is 3. The van der Waals surface area contributed by atoms with Gasteiger partial charge in [-0.15, -0.1) is 0 Å². The Morgan fingerprint density at radius 3 is 2.00 bits per heavy atom. The minimum absolute atomic E-state index is 0.0560. The second-order valence-electron chi connectivity index (χ2n) is 9.34. The van der Waals surface area contributed by atoms with Crippen LogP contribution in [0.25, 0.3) is 33.0 Å². The van der Waals surface area contributed by atoms with E-state index in [1.54, 1.807) is 24.3 Å². The fourth-order valence-corrected chi connectivity index (χ4v) is 4.43. The predicted octanol–water partition coefficient (Wildman–Crippen LogP) is 7.01. The molecule has 0 aliphatic heterocycles. The molecule has 1 atom stereocenters. The van der Waals surface area contributed by atoms with Gasteiger partial charge in [-0.05, 0) is 57.5 Å². The first-order valence-corrected chi connectivity index (χ1v) is 12.4. The van der Waals surface area contributed by atoms with Crippen LogP contribution in [0.2, 0.25) is 0 Å². The molecule has 0 aliphatic rings. The lowest BCUT2D eigenvalue weighted by Crippen LogP contribution is -2.42. The van der Waals surface area contributed by atoms with Crippen molar-refractivity contribution >= 4 is 22.6 Å². The Labute approximate surface area is 227 Å². The van der Waals surface area contributed by atoms with Gasteiger partial charge in [-0.25, -0.2) is 4.79 Å². The zero-order valence-corrected chi connectivity index (χ0v) is 21.0. The zero-order chi connectivity index (χ0) is 28.3. The molecule has 5 nitrogen and oxygen atoms in total. The van der Waals surface area contributed by atoms with Crippen LogP contribution < -0.4 is 5.32 Å². The number of amides is 1. The summed E-state index contributed by atoms with van der Waals surface area (Å²) in [4.78, 5) is 29.0. The van der Waals surface area contributed by atoms with E-state index in [1.807, 2.05) is 54.6 Å². The SMILES string of the molecule is O=C(N[C@@H](Cc1ccc(-c2ccccc2)cc1)C(=O)O)c1cc2ccc(-c3ccc(C(F)(F)F)cc3)cc2cn1. The van der Waals surface area contributed by atoms with Gasteiger partial charge in [-0.2, -0.15) is 13.2 Å². The number of carboxylic acids is 1. The monoisotopic (exact) mass is 540 g/mol. The van der Waals surface area contributed by atoms with Gasteiger partial charge in [-0.1, -0.05) is 78.9 Å². The van der Waals surface area contributed by atoms with E-state index in [1.165, 1.54) is 18.3 Å². The Hall–Kier alpha value is -4.98. The molecule has 0 spiro atoms. The number of carbonyl (C=O) groups is 2. The van der Waals surface area contributed by atoms with Crippen molar-refractivity contribution in [1.82, 2.24) is 10.3 Å². The van der Waals surface area contributed by atoms with E-state index >= 15 is 0 Å². The van der Waals surface area contributed by atoms with Gasteiger partial charge in [0.05, 0.1) is 5.56 Å². The first kappa shape index (κ1) is 26.6. The highest BCUT2D eigenvalue weighted by Gasteiger charge is 2.30. The Bertz CT molecular complexity index is 1670. The van der Waals surface area contributed by atoms with E-state index in [0.29, 0.717) is 21.9 Å². The van der Waals surface area contributed by atoms with Gasteiger partial charge in [-0.3, -0.25) is 9.78 Å². The number of nitrogens with zero attached hydrogens (tertiary/aromatic N) is 1. The highest BCUT2D eigenvalue weighted by molar-refractivity contribution is 5.98. The standard InChI is InChI=1S/C32H23F3N2O3/c33-32(34,35)27-14-12-23(13-15-27)24-10-11-25-18-28(36-19-26(25)17-24)30(38)37-29(31(39)40)16-20-6-8-22(9-7-20)21-4-2-1-3-5-21/h1-15,17-19,29H,16H2,(H,37,38)(H,39,40)/t29-/m0/s1. The highest BCUT2D eigenvalue weighted by atomic mass is 19.4. The van der Waals surface area contributed by atoms with E-state index in [4.69, 9.17) is 0 Å². The largest absolute Gasteiger partial charge is 0.480 e. The van der Waals surface area contributed by atoms with Crippen molar-refractivity contribution in [2.24, 2.45) is 0 Å². The number of hydrogen-bond donors (Lipinski definition) is 2. The number of pyridine rings is 1. The molecule has 40 heavy (non-hydrogen) atoms. The number of fused-ring (bicyclic) bond motifs is 1. The van der Waals surface area contributed by atoms with Crippen LogP contribution in [-0.2, 0) is 17.4 Å². The molecular weight excluding hydrogens is 517 g/mol. The molecule has 8 heteroatoms. The van der Waals surface area contributed by atoms with Crippen molar-refractivity contribution in [1.29, 1.82) is 0 Å². The van der Waals surface area contributed by atoms with E-state index < -0.39 is 29.7 Å². The van der Waals surface area contributed by atoms with Crippen LogP contribution in [0.4, 0.5) is 13.2 Å². The van der Waals surface area contributed by atoms with Crippen molar-refractivity contribution < 1.29 is 27.9 Å². The molecule has 0 fully saturated rings. The summed E-state index contributed by atoms with van der Waals surface area (Å²) >= 11 is 0. The van der Waals surface area contributed by atoms with Gasteiger partial charge in [0.15, 0.2) is 0 Å². The van der Waals surface area contributed by atoms with Gasteiger partial charge in [0.25, 0.3) is 5.91 Å². The summed E-state index contributed by atoms with van der Waals surface area (Å²) in [5.74, 6) is -1.79. The van der Waals surface area contributed by atoms with Gasteiger partial charge < -0.3 is 10.4 Å². The summed E-state index contributed by atoms with van der Waals surface area (Å²) in [6.07, 6.45) is -2.83. The maximum Gasteiger partial charge on any atom is 0.416 e. The van der Waals surface area contributed by atoms with Gasteiger partial charge in [0, 0.05) is 18.0 Å². The molecule has 4 aromatic carbocycles. The van der Waals surface area contributed by atoms with Crippen molar-refractivity contribution in [2.75, 3.05) is 0 Å². The number of benzene rings is 4. The third-order valence-corrected chi connectivity index (χ3v) is 6.60. The van der Waals surface area contributed by atoms with Gasteiger partial charge in [0.1, 0.15) is 11.7 Å². The quantitative estimate of drug-likeness (QED) is 0.233. The normalized spacial score (nSPS) is 12.2. The van der Waals surface area contributed by atoms with Crippen LogP contribution in [0.1, 0.15) is 21.6 Å². The predicted molar refractivity (Wildman–Crippen MR) is 147 cm³/mol. The van der Waals surface area contributed by atoms with Gasteiger partial charge in [0.2, 0.25) is 0 Å². The summed E-state index contributed by atoms with van der Waals surface area (Å²) in [6, 6.07) is 27.8. The Morgan fingerprint density at radius 2 is 1.35 bits per heavy atom. The second-order valence-corrected chi connectivity index (χ2v) is 9.34. The Balaban J connectivity index is 1.29. The van der Waals surface area contributed by atoms with Crippen molar-refractivity contribution in [2.45, 2.75) is 18.6 Å². The number of rotatable bonds is 7. The Morgan fingerprint density at radius 1 is 0.750 bits per heavy atom. The van der Waals surface area contributed by atoms with Crippen LogP contribution in [0.3, 0.4) is 0 Å². The number of carboxylic acid groups (broad SMARTS) is 1. The van der Waals surface area contributed by atoms with Crippen molar-refractivity contribution in [3.8, 4) is 22.3 Å². The van der Waals surface area contributed by atoms with Crippen molar-refractivity contribution in [3.63, 3.8) is 0 Å². The average Bonchev–Trinajstić information content (AvgIpc) is 2.96. The molecule has 0 aliphatic carbocycles. The van der Waals surface area contributed by atoms with E-state index in [2.05, 4.69) is 10.3 Å². The third-order valence-electron chi connectivity index (χ3n) is 6.60. The maximum atomic E-state index is 12.9. The smallest absolute Gasteiger partial charge is 0.416 e. The topological polar surface area (TPSA) is 79.3 Å².